The van der Waals surface area contributed by atoms with E-state index in [4.69, 9.17) is 9.47 Å². The molecule has 5 heteroatoms. The van der Waals surface area contributed by atoms with Crippen LogP contribution in [0, 0.1) is 0 Å². The lowest BCUT2D eigenvalue weighted by molar-refractivity contribution is 0.299. The van der Waals surface area contributed by atoms with Crippen LogP contribution in [0.3, 0.4) is 0 Å². The number of fused-ring (bicyclic) bond motifs is 1. The maximum Gasteiger partial charge on any atom is 0.261 e. The van der Waals surface area contributed by atoms with Gasteiger partial charge in [-0.15, -0.1) is 6.58 Å². The zero-order valence-electron chi connectivity index (χ0n) is 15.6. The Kier molecular flexibility index (Phi) is 6.26. The molecule has 0 unspecified atom stereocenters. The maximum absolute atomic E-state index is 12.5. The van der Waals surface area contributed by atoms with Crippen LogP contribution in [0.25, 0.3) is 10.9 Å². The van der Waals surface area contributed by atoms with E-state index in [1.54, 1.807) is 18.0 Å². The SMILES string of the molecule is C=CCc1cc(OC)ccc1OCCCCn1cnc2ccccc2c1=O. The Morgan fingerprint density at radius 2 is 2.04 bits per heavy atom. The highest BCUT2D eigenvalue weighted by molar-refractivity contribution is 5.76. The first kappa shape index (κ1) is 18.7. The molecule has 0 spiro atoms. The number of allylic oxidation sites excluding steroid dienone is 1. The van der Waals surface area contributed by atoms with E-state index in [1.807, 2.05) is 48.5 Å². The number of hydrogen-bond acceptors (Lipinski definition) is 4. The molecular weight excluding hydrogens is 340 g/mol. The number of para-hydroxylation sites is 1. The number of hydrogen-bond donors (Lipinski definition) is 0. The van der Waals surface area contributed by atoms with Gasteiger partial charge < -0.3 is 9.47 Å². The molecule has 3 aromatic rings. The Balaban J connectivity index is 1.55. The topological polar surface area (TPSA) is 53.4 Å². The molecule has 140 valence electrons. The summed E-state index contributed by atoms with van der Waals surface area (Å²) in [5.41, 5.74) is 1.79. The Bertz CT molecular complexity index is 979. The molecule has 0 bridgehead atoms. The summed E-state index contributed by atoms with van der Waals surface area (Å²) in [4.78, 5) is 16.8. The van der Waals surface area contributed by atoms with Gasteiger partial charge in [-0.25, -0.2) is 4.98 Å². The lowest BCUT2D eigenvalue weighted by Gasteiger charge is -2.12. The fourth-order valence-corrected chi connectivity index (χ4v) is 2.97. The average Bonchev–Trinajstić information content (AvgIpc) is 2.70. The molecule has 27 heavy (non-hydrogen) atoms. The summed E-state index contributed by atoms with van der Waals surface area (Å²) in [7, 11) is 1.65. The quantitative estimate of drug-likeness (QED) is 0.425. The van der Waals surface area contributed by atoms with Crippen molar-refractivity contribution in [3.8, 4) is 11.5 Å². The zero-order valence-corrected chi connectivity index (χ0v) is 15.6. The van der Waals surface area contributed by atoms with Crippen molar-refractivity contribution < 1.29 is 9.47 Å². The molecule has 0 amide bonds. The highest BCUT2D eigenvalue weighted by atomic mass is 16.5. The molecule has 0 radical (unpaired) electrons. The highest BCUT2D eigenvalue weighted by Crippen LogP contribution is 2.25. The van der Waals surface area contributed by atoms with Crippen LogP contribution in [0.4, 0.5) is 0 Å². The van der Waals surface area contributed by atoms with Gasteiger partial charge in [0, 0.05) is 12.1 Å². The first-order chi connectivity index (χ1) is 13.2. The van der Waals surface area contributed by atoms with Gasteiger partial charge in [0.1, 0.15) is 11.5 Å². The van der Waals surface area contributed by atoms with Crippen molar-refractivity contribution in [2.45, 2.75) is 25.8 Å². The molecule has 2 aromatic carbocycles. The van der Waals surface area contributed by atoms with Crippen molar-refractivity contribution in [2.75, 3.05) is 13.7 Å². The summed E-state index contributed by atoms with van der Waals surface area (Å²) >= 11 is 0. The molecule has 0 aliphatic carbocycles. The normalized spacial score (nSPS) is 10.7. The lowest BCUT2D eigenvalue weighted by Crippen LogP contribution is -2.20. The smallest absolute Gasteiger partial charge is 0.261 e. The zero-order chi connectivity index (χ0) is 19.1. The van der Waals surface area contributed by atoms with Crippen LogP contribution in [0.15, 0.2) is 66.2 Å². The minimum absolute atomic E-state index is 0.00458. The second kappa shape index (κ2) is 9.03. The molecule has 1 aromatic heterocycles. The van der Waals surface area contributed by atoms with Crippen LogP contribution < -0.4 is 15.0 Å². The molecule has 0 aliphatic rings. The van der Waals surface area contributed by atoms with Gasteiger partial charge in [0.15, 0.2) is 0 Å². The van der Waals surface area contributed by atoms with Gasteiger partial charge in [-0.1, -0.05) is 18.2 Å². The van der Waals surface area contributed by atoms with Gasteiger partial charge >= 0.3 is 0 Å². The van der Waals surface area contributed by atoms with E-state index in [2.05, 4.69) is 11.6 Å². The molecule has 3 rings (SSSR count). The van der Waals surface area contributed by atoms with Gasteiger partial charge in [-0.2, -0.15) is 0 Å². The maximum atomic E-state index is 12.5. The van der Waals surface area contributed by atoms with Crippen LogP contribution >= 0.6 is 0 Å². The first-order valence-corrected chi connectivity index (χ1v) is 9.07. The second-order valence-corrected chi connectivity index (χ2v) is 6.28. The summed E-state index contributed by atoms with van der Waals surface area (Å²) in [6, 6.07) is 13.2. The molecule has 0 saturated heterocycles. The Hall–Kier alpha value is -3.08. The van der Waals surface area contributed by atoms with Gasteiger partial charge in [0.2, 0.25) is 0 Å². The number of rotatable bonds is 9. The minimum Gasteiger partial charge on any atom is -0.497 e. The Labute approximate surface area is 158 Å². The van der Waals surface area contributed by atoms with E-state index in [-0.39, 0.29) is 5.56 Å². The molecule has 1 heterocycles. The third-order valence-electron chi connectivity index (χ3n) is 4.41. The number of ether oxygens (including phenoxy) is 2. The molecule has 5 nitrogen and oxygen atoms in total. The van der Waals surface area contributed by atoms with E-state index in [0.717, 1.165) is 41.8 Å². The van der Waals surface area contributed by atoms with Crippen LogP contribution in [0.2, 0.25) is 0 Å². The molecule has 0 N–H and O–H groups in total. The number of aromatic nitrogens is 2. The Morgan fingerprint density at radius 1 is 1.19 bits per heavy atom. The Morgan fingerprint density at radius 3 is 2.85 bits per heavy atom. The van der Waals surface area contributed by atoms with Crippen molar-refractivity contribution in [3.63, 3.8) is 0 Å². The largest absolute Gasteiger partial charge is 0.497 e. The van der Waals surface area contributed by atoms with E-state index in [9.17, 15) is 4.79 Å². The lowest BCUT2D eigenvalue weighted by atomic mass is 10.1. The van der Waals surface area contributed by atoms with Crippen molar-refractivity contribution in [1.29, 1.82) is 0 Å². The summed E-state index contributed by atoms with van der Waals surface area (Å²) in [6.07, 6.45) is 5.88. The number of methoxy groups -OCH3 is 1. The van der Waals surface area contributed by atoms with Crippen LogP contribution in [0.1, 0.15) is 18.4 Å². The average molecular weight is 364 g/mol. The summed E-state index contributed by atoms with van der Waals surface area (Å²) in [5.74, 6) is 1.66. The van der Waals surface area contributed by atoms with Crippen molar-refractivity contribution in [3.05, 3.63) is 77.4 Å². The summed E-state index contributed by atoms with van der Waals surface area (Å²) < 4.78 is 12.8. The summed E-state index contributed by atoms with van der Waals surface area (Å²) in [6.45, 7) is 5.01. The number of nitrogens with zero attached hydrogens (tertiary/aromatic N) is 2. The van der Waals surface area contributed by atoms with Gasteiger partial charge in [0.05, 0.1) is 30.9 Å². The first-order valence-electron chi connectivity index (χ1n) is 9.07. The van der Waals surface area contributed by atoms with E-state index >= 15 is 0 Å². The van der Waals surface area contributed by atoms with Gasteiger partial charge in [-0.05, 0) is 49.6 Å². The van der Waals surface area contributed by atoms with E-state index in [0.29, 0.717) is 18.5 Å². The van der Waals surface area contributed by atoms with Gasteiger partial charge in [-0.3, -0.25) is 9.36 Å². The third-order valence-corrected chi connectivity index (χ3v) is 4.41. The van der Waals surface area contributed by atoms with Gasteiger partial charge in [0.25, 0.3) is 5.56 Å². The predicted octanol–water partition coefficient (Wildman–Crippen LogP) is 3.99. The molecular formula is C22H24N2O3. The van der Waals surface area contributed by atoms with Crippen molar-refractivity contribution in [2.24, 2.45) is 0 Å². The molecule has 0 aliphatic heterocycles. The number of aryl methyl sites for hydroxylation is 1. The van der Waals surface area contributed by atoms with Crippen LogP contribution in [-0.2, 0) is 13.0 Å². The van der Waals surface area contributed by atoms with E-state index in [1.165, 1.54) is 0 Å². The number of unbranched alkanes of at least 4 members (excludes halogenated alkanes) is 1. The second-order valence-electron chi connectivity index (χ2n) is 6.28. The monoisotopic (exact) mass is 364 g/mol. The molecule has 0 fully saturated rings. The standard InChI is InChI=1S/C22H24N2O3/c1-3-8-17-15-18(26-2)11-12-21(17)27-14-7-6-13-24-16-23-20-10-5-4-9-19(20)22(24)25/h3-5,9-12,15-16H,1,6-8,13-14H2,2H3. The predicted molar refractivity (Wildman–Crippen MR) is 108 cm³/mol. The van der Waals surface area contributed by atoms with Crippen LogP contribution in [0.5, 0.6) is 11.5 Å². The van der Waals surface area contributed by atoms with Crippen molar-refractivity contribution >= 4 is 10.9 Å². The van der Waals surface area contributed by atoms with Crippen LogP contribution in [-0.4, -0.2) is 23.3 Å². The number of benzene rings is 2. The van der Waals surface area contributed by atoms with E-state index < -0.39 is 0 Å². The fraction of sp³-hybridized carbons (Fsp3) is 0.273. The van der Waals surface area contributed by atoms with Crippen molar-refractivity contribution in [1.82, 2.24) is 9.55 Å². The fourth-order valence-electron chi connectivity index (χ4n) is 2.97. The molecule has 0 atom stereocenters. The molecule has 0 saturated carbocycles. The summed E-state index contributed by atoms with van der Waals surface area (Å²) in [5, 5.41) is 0.656. The highest BCUT2D eigenvalue weighted by Gasteiger charge is 2.06. The minimum atomic E-state index is 0.00458. The third kappa shape index (κ3) is 4.56.